The molecule has 0 saturated carbocycles. The molecule has 0 aliphatic carbocycles. The molecule has 1 heterocycles. The van der Waals surface area contributed by atoms with E-state index in [1.54, 1.807) is 6.92 Å². The monoisotopic (exact) mass is 545 g/mol. The number of hydrogen-bond donors (Lipinski definition) is 1. The van der Waals surface area contributed by atoms with Gasteiger partial charge in [-0.2, -0.15) is 26.3 Å². The molecule has 0 amide bonds. The van der Waals surface area contributed by atoms with Crippen molar-refractivity contribution in [1.82, 2.24) is 4.90 Å². The van der Waals surface area contributed by atoms with Crippen molar-refractivity contribution in [3.05, 3.63) is 82.9 Å². The third-order valence-electron chi connectivity index (χ3n) is 6.27. The molecular weight excluding hydrogens is 522 g/mol. The van der Waals surface area contributed by atoms with Crippen LogP contribution in [0.15, 0.2) is 60.7 Å². The van der Waals surface area contributed by atoms with E-state index in [9.17, 15) is 36.2 Å². The number of rotatable bonds is 5. The minimum absolute atomic E-state index is 0.00217. The summed E-state index contributed by atoms with van der Waals surface area (Å²) in [4.78, 5) is 13.0. The van der Waals surface area contributed by atoms with Gasteiger partial charge in [0.25, 0.3) is 5.92 Å². The van der Waals surface area contributed by atoms with Gasteiger partial charge in [-0.05, 0) is 47.9 Å². The van der Waals surface area contributed by atoms with Gasteiger partial charge in [-0.15, -0.1) is 0 Å². The number of aliphatic carboxylic acids is 1. The largest absolute Gasteiger partial charge is 0.481 e. The number of allylic oxidation sites excluding steroid dienone is 1. The number of likely N-dealkylation sites (tertiary alicyclic amines) is 1. The van der Waals surface area contributed by atoms with Crippen LogP contribution in [0.3, 0.4) is 0 Å². The number of carboxylic acids is 1. The lowest BCUT2D eigenvalue weighted by molar-refractivity contribution is -0.160. The first kappa shape index (κ1) is 29.2. The zero-order chi connectivity index (χ0) is 28.5. The Bertz CT molecular complexity index is 1220. The van der Waals surface area contributed by atoms with Crippen LogP contribution in [-0.4, -0.2) is 28.4 Å². The smallest absolute Gasteiger partial charge is 0.416 e. The van der Waals surface area contributed by atoms with Crippen LogP contribution in [0.2, 0.25) is 0 Å². The maximum Gasteiger partial charge on any atom is 0.416 e. The van der Waals surface area contributed by atoms with E-state index < -0.39 is 66.2 Å². The highest BCUT2D eigenvalue weighted by Crippen LogP contribution is 2.50. The molecule has 0 spiro atoms. The first-order valence-corrected chi connectivity index (χ1v) is 11.4. The molecule has 1 saturated heterocycles. The van der Waals surface area contributed by atoms with Gasteiger partial charge in [0, 0.05) is 19.0 Å². The lowest BCUT2D eigenvalue weighted by atomic mass is 9.78. The fourth-order valence-corrected chi connectivity index (χ4v) is 4.50. The summed E-state index contributed by atoms with van der Waals surface area (Å²) in [6, 6.07) is 4.84. The standard InChI is InChI=1S/C27H23F8NO2/c1-16(2)3-12-22(17-4-8-19(9-5-17)26(30,31)32)36-14-13-25(28,29)21(15-23(37)38)24(36)18-6-10-20(11-7-18)27(33,34)35/h4-11,21-22,24H,1,13-15H2,2H3,(H,37,38)/t21-,22-,24-/m1/s1. The van der Waals surface area contributed by atoms with Crippen molar-refractivity contribution in [3.8, 4) is 11.8 Å². The maximum absolute atomic E-state index is 15.1. The summed E-state index contributed by atoms with van der Waals surface area (Å²) < 4.78 is 109. The second-order valence-electron chi connectivity index (χ2n) is 9.09. The lowest BCUT2D eigenvalue weighted by Crippen LogP contribution is -2.51. The predicted octanol–water partition coefficient (Wildman–Crippen LogP) is 7.52. The van der Waals surface area contributed by atoms with Crippen molar-refractivity contribution in [2.45, 2.75) is 50.1 Å². The minimum atomic E-state index is -4.69. The molecule has 3 nitrogen and oxygen atoms in total. The van der Waals surface area contributed by atoms with E-state index >= 15 is 8.78 Å². The quantitative estimate of drug-likeness (QED) is 0.312. The van der Waals surface area contributed by atoms with Crippen LogP contribution in [0.25, 0.3) is 0 Å². The zero-order valence-electron chi connectivity index (χ0n) is 20.0. The van der Waals surface area contributed by atoms with Crippen LogP contribution in [0, 0.1) is 17.8 Å². The number of carbonyl (C=O) groups is 1. The van der Waals surface area contributed by atoms with E-state index in [0.717, 1.165) is 36.4 Å². The van der Waals surface area contributed by atoms with E-state index in [4.69, 9.17) is 0 Å². The van der Waals surface area contributed by atoms with Gasteiger partial charge in [-0.1, -0.05) is 42.7 Å². The molecule has 2 aromatic carbocycles. The second-order valence-corrected chi connectivity index (χ2v) is 9.09. The Labute approximate surface area is 213 Å². The van der Waals surface area contributed by atoms with Crippen LogP contribution < -0.4 is 0 Å². The average molecular weight is 545 g/mol. The highest BCUT2D eigenvalue weighted by atomic mass is 19.4. The van der Waals surface area contributed by atoms with Crippen molar-refractivity contribution in [2.24, 2.45) is 5.92 Å². The fraction of sp³-hybridized carbons (Fsp3) is 0.370. The van der Waals surface area contributed by atoms with Crippen LogP contribution in [-0.2, 0) is 17.1 Å². The van der Waals surface area contributed by atoms with Gasteiger partial charge in [-0.3, -0.25) is 9.69 Å². The van der Waals surface area contributed by atoms with Gasteiger partial charge < -0.3 is 5.11 Å². The van der Waals surface area contributed by atoms with Crippen molar-refractivity contribution < 1.29 is 45.0 Å². The van der Waals surface area contributed by atoms with Gasteiger partial charge in [0.1, 0.15) is 0 Å². The molecule has 0 radical (unpaired) electrons. The number of hydrogen-bond acceptors (Lipinski definition) is 2. The molecule has 204 valence electrons. The Morgan fingerprint density at radius 1 is 1.03 bits per heavy atom. The number of benzene rings is 2. The maximum atomic E-state index is 15.1. The molecular formula is C27H23F8NO2. The molecule has 0 aromatic heterocycles. The zero-order valence-corrected chi connectivity index (χ0v) is 20.0. The second kappa shape index (κ2) is 10.8. The predicted molar refractivity (Wildman–Crippen MR) is 123 cm³/mol. The molecule has 2 aromatic rings. The third-order valence-corrected chi connectivity index (χ3v) is 6.27. The number of carboxylic acid groups (broad SMARTS) is 1. The van der Waals surface area contributed by atoms with Crippen molar-refractivity contribution in [2.75, 3.05) is 6.54 Å². The minimum Gasteiger partial charge on any atom is -0.481 e. The van der Waals surface area contributed by atoms with Gasteiger partial charge in [-0.25, -0.2) is 8.78 Å². The highest BCUT2D eigenvalue weighted by Gasteiger charge is 2.52. The summed E-state index contributed by atoms with van der Waals surface area (Å²) in [6.45, 7) is 4.86. The summed E-state index contributed by atoms with van der Waals surface area (Å²) in [5.41, 5.74) is -1.38. The van der Waals surface area contributed by atoms with Crippen LogP contribution >= 0.6 is 0 Å². The Morgan fingerprint density at radius 3 is 1.97 bits per heavy atom. The Balaban J connectivity index is 2.18. The Kier molecular flexibility index (Phi) is 8.27. The Morgan fingerprint density at radius 2 is 1.53 bits per heavy atom. The number of nitrogens with zero attached hydrogens (tertiary/aromatic N) is 1. The number of halogens is 8. The summed E-state index contributed by atoms with van der Waals surface area (Å²) in [5, 5.41) is 9.39. The average Bonchev–Trinajstić information content (AvgIpc) is 2.80. The molecule has 1 fully saturated rings. The van der Waals surface area contributed by atoms with Gasteiger partial charge in [0.2, 0.25) is 0 Å². The van der Waals surface area contributed by atoms with Gasteiger partial charge in [0.05, 0.1) is 29.5 Å². The summed E-state index contributed by atoms with van der Waals surface area (Å²) in [6.07, 6.45) is -11.1. The molecule has 1 N–H and O–H groups in total. The van der Waals surface area contributed by atoms with E-state index in [-0.39, 0.29) is 17.7 Å². The normalized spacial score (nSPS) is 20.8. The first-order chi connectivity index (χ1) is 17.5. The highest BCUT2D eigenvalue weighted by molar-refractivity contribution is 5.67. The van der Waals surface area contributed by atoms with Crippen molar-refractivity contribution in [1.29, 1.82) is 0 Å². The molecule has 3 atom stereocenters. The lowest BCUT2D eigenvalue weighted by Gasteiger charge is -2.47. The summed E-state index contributed by atoms with van der Waals surface area (Å²) >= 11 is 0. The van der Waals surface area contributed by atoms with Gasteiger partial charge >= 0.3 is 18.3 Å². The van der Waals surface area contributed by atoms with Crippen LogP contribution in [0.4, 0.5) is 35.1 Å². The van der Waals surface area contributed by atoms with Crippen LogP contribution in [0.5, 0.6) is 0 Å². The number of piperidine rings is 1. The first-order valence-electron chi connectivity index (χ1n) is 11.4. The molecule has 0 bridgehead atoms. The van der Waals surface area contributed by atoms with E-state index in [1.165, 1.54) is 4.90 Å². The third kappa shape index (κ3) is 6.72. The number of alkyl halides is 8. The van der Waals surface area contributed by atoms with E-state index in [2.05, 4.69) is 18.4 Å². The summed E-state index contributed by atoms with van der Waals surface area (Å²) in [7, 11) is 0. The summed E-state index contributed by atoms with van der Waals surface area (Å²) in [5.74, 6) is -1.35. The topological polar surface area (TPSA) is 40.5 Å². The van der Waals surface area contributed by atoms with E-state index in [1.807, 2.05) is 0 Å². The Hall–Kier alpha value is -3.39. The molecule has 11 heteroatoms. The fourth-order valence-electron chi connectivity index (χ4n) is 4.50. The molecule has 1 aliphatic heterocycles. The van der Waals surface area contributed by atoms with E-state index in [0.29, 0.717) is 17.7 Å². The molecule has 3 rings (SSSR count). The van der Waals surface area contributed by atoms with Gasteiger partial charge in [0.15, 0.2) is 0 Å². The molecule has 38 heavy (non-hydrogen) atoms. The SMILES string of the molecule is C=C(C)C#C[C@H](c1ccc(C(F)(F)F)cc1)N1CCC(F)(F)[C@H](CC(=O)O)[C@H]1c1ccc(C(F)(F)F)cc1. The van der Waals surface area contributed by atoms with Crippen molar-refractivity contribution >= 4 is 5.97 Å². The molecule has 1 aliphatic rings. The van der Waals surface area contributed by atoms with Crippen LogP contribution in [0.1, 0.15) is 54.1 Å². The van der Waals surface area contributed by atoms with Crippen molar-refractivity contribution in [3.63, 3.8) is 0 Å². The molecule has 0 unspecified atom stereocenters.